The van der Waals surface area contributed by atoms with E-state index in [0.29, 0.717) is 6.42 Å². The fourth-order valence-electron chi connectivity index (χ4n) is 6.28. The number of aliphatic hydroxyl groups is 10. The summed E-state index contributed by atoms with van der Waals surface area (Å²) in [5.74, 6) is -6.93. The first-order valence-electron chi connectivity index (χ1n) is 16.8. The van der Waals surface area contributed by atoms with Gasteiger partial charge in [-0.1, -0.05) is 0 Å². The third kappa shape index (κ3) is 11.3. The van der Waals surface area contributed by atoms with Crippen LogP contribution in [-0.4, -0.2) is 213 Å². The number of esters is 1. The van der Waals surface area contributed by atoms with E-state index in [4.69, 9.17) is 74.4 Å². The van der Waals surface area contributed by atoms with Gasteiger partial charge in [0.1, 0.15) is 61.0 Å². The molecule has 322 valence electrons. The Hall–Kier alpha value is -1.84. The number of fused-ring (bicyclic) bond motifs is 3. The number of carboxylic acid groups (broad SMARTS) is 3. The summed E-state index contributed by atoms with van der Waals surface area (Å²) in [6, 6.07) is 0. The fraction of sp³-hybridized carbons (Fsp3) is 0.867. The minimum atomic E-state index is -1.81. The first-order valence-corrected chi connectivity index (χ1v) is 16.8. The van der Waals surface area contributed by atoms with Crippen molar-refractivity contribution >= 4 is 23.9 Å². The summed E-state index contributed by atoms with van der Waals surface area (Å²) < 4.78 is 45.4. The van der Waals surface area contributed by atoms with Gasteiger partial charge in [0.05, 0.1) is 12.1 Å². The van der Waals surface area contributed by atoms with Gasteiger partial charge in [0.2, 0.25) is 0 Å². The quantitative estimate of drug-likeness (QED) is 0.0903. The van der Waals surface area contributed by atoms with Gasteiger partial charge < -0.3 is 114 Å². The van der Waals surface area contributed by atoms with Crippen molar-refractivity contribution in [2.45, 2.75) is 162 Å². The molecular weight excluding hydrogens is 799 g/mol. The van der Waals surface area contributed by atoms with Crippen LogP contribution in [0.1, 0.15) is 34.1 Å². The number of hydrogen-bond acceptors (Lipinski definition) is 24. The van der Waals surface area contributed by atoms with Crippen molar-refractivity contribution < 1.29 is 158 Å². The SMILES string of the molecule is CC1(C)O[C@H]2O[C@H]([C@H](O)C(=O)O)[C@H](O)[C@@H]2O1.CC1(C)O[C@H]2O[C@H]([C@H](O)C(=O)[O-])C[C@@H]2O1.O=C(O)C1O[C@@H](O)C(O)[C@@H](O)[C@@H]1O.O=C1O[C@@H]2[C@H](O)[C@@H](O)O[C@@H]2[C@H]1O.[Na+]. The van der Waals surface area contributed by atoms with Crippen molar-refractivity contribution in [3.05, 3.63) is 0 Å². The number of rotatable bonds is 5. The Balaban J connectivity index is 0.000000204. The minimum Gasteiger partial charge on any atom is -0.547 e. The number of carbonyl (C=O) groups is 4. The van der Waals surface area contributed by atoms with Gasteiger partial charge >= 0.3 is 47.5 Å². The molecule has 2 unspecified atom stereocenters. The van der Waals surface area contributed by atoms with Gasteiger partial charge in [0, 0.05) is 6.42 Å². The number of ether oxygens (including phenoxy) is 9. The number of aliphatic carboxylic acids is 3. The van der Waals surface area contributed by atoms with Crippen LogP contribution in [0.5, 0.6) is 0 Å². The minimum absolute atomic E-state index is 0. The van der Waals surface area contributed by atoms with Gasteiger partial charge in [-0.05, 0) is 27.7 Å². The molecule has 0 aromatic heterocycles. The van der Waals surface area contributed by atoms with Gasteiger partial charge in [-0.25, -0.2) is 14.4 Å². The number of carboxylic acids is 3. The first-order chi connectivity index (χ1) is 25.8. The molecule has 26 nitrogen and oxygen atoms in total. The van der Waals surface area contributed by atoms with Crippen LogP contribution in [0.25, 0.3) is 0 Å². The Morgan fingerprint density at radius 2 is 1.23 bits per heavy atom. The summed E-state index contributed by atoms with van der Waals surface area (Å²) in [5, 5.41) is 119. The molecule has 27 heteroatoms. The van der Waals surface area contributed by atoms with E-state index in [2.05, 4.69) is 14.2 Å². The normalized spacial score (nSPS) is 44.1. The molecule has 0 radical (unpaired) electrons. The summed E-state index contributed by atoms with van der Waals surface area (Å²) in [6.07, 6.45) is -23.6. The van der Waals surface area contributed by atoms with Crippen LogP contribution in [0.4, 0.5) is 0 Å². The maximum atomic E-state index is 10.7. The zero-order valence-electron chi connectivity index (χ0n) is 30.8. The molecule has 0 saturated carbocycles. The van der Waals surface area contributed by atoms with E-state index in [1.54, 1.807) is 27.7 Å². The van der Waals surface area contributed by atoms with Gasteiger partial charge in [-0.3, -0.25) is 0 Å². The molecule has 0 aromatic carbocycles. The second kappa shape index (κ2) is 19.3. The van der Waals surface area contributed by atoms with Crippen LogP contribution in [0.2, 0.25) is 0 Å². The molecule has 0 bridgehead atoms. The molecule has 0 amide bonds. The summed E-state index contributed by atoms with van der Waals surface area (Å²) in [5.41, 5.74) is 0. The Morgan fingerprint density at radius 1 is 0.667 bits per heavy atom. The van der Waals surface area contributed by atoms with Gasteiger partial charge in [0.25, 0.3) is 0 Å². The van der Waals surface area contributed by atoms with Crippen molar-refractivity contribution in [3.8, 4) is 0 Å². The summed E-state index contributed by atoms with van der Waals surface area (Å²) in [6.45, 7) is 6.81. The van der Waals surface area contributed by atoms with Crippen LogP contribution in [0.3, 0.4) is 0 Å². The van der Waals surface area contributed by atoms with Gasteiger partial charge in [-0.15, -0.1) is 0 Å². The smallest absolute Gasteiger partial charge is 0.547 e. The second-order valence-electron chi connectivity index (χ2n) is 14.1. The van der Waals surface area contributed by atoms with E-state index in [-0.39, 0.29) is 35.7 Å². The summed E-state index contributed by atoms with van der Waals surface area (Å²) in [4.78, 5) is 42.0. The van der Waals surface area contributed by atoms with E-state index in [9.17, 15) is 39.6 Å². The van der Waals surface area contributed by atoms with E-state index in [1.807, 2.05) is 0 Å². The second-order valence-corrected chi connectivity index (χ2v) is 14.1. The Kier molecular flexibility index (Phi) is 16.7. The predicted molar refractivity (Wildman–Crippen MR) is 162 cm³/mol. The molecule has 7 heterocycles. The molecule has 19 atom stereocenters. The molecule has 0 aliphatic carbocycles. The van der Waals surface area contributed by atoms with Crippen molar-refractivity contribution in [1.82, 2.24) is 0 Å². The van der Waals surface area contributed by atoms with E-state index in [1.165, 1.54) is 0 Å². The van der Waals surface area contributed by atoms with Crippen LogP contribution in [0.15, 0.2) is 0 Å². The largest absolute Gasteiger partial charge is 1.00 e. The fourth-order valence-corrected chi connectivity index (χ4v) is 6.28. The molecule has 57 heavy (non-hydrogen) atoms. The number of carbonyl (C=O) groups excluding carboxylic acids is 2. The molecule has 7 saturated heterocycles. The Morgan fingerprint density at radius 3 is 1.74 bits per heavy atom. The Bertz CT molecular complexity index is 1400. The van der Waals surface area contributed by atoms with E-state index < -0.39 is 146 Å². The van der Waals surface area contributed by atoms with Gasteiger partial charge in [0.15, 0.2) is 61.2 Å². The molecule has 7 fully saturated rings. The average molecular weight is 845 g/mol. The summed E-state index contributed by atoms with van der Waals surface area (Å²) in [7, 11) is 0. The molecular formula is C30H45NaO26. The van der Waals surface area contributed by atoms with E-state index >= 15 is 0 Å². The first kappa shape index (κ1) is 49.5. The maximum Gasteiger partial charge on any atom is 1.00 e. The number of hydrogen-bond donors (Lipinski definition) is 12. The van der Waals surface area contributed by atoms with Crippen molar-refractivity contribution in [1.29, 1.82) is 0 Å². The maximum absolute atomic E-state index is 10.7. The van der Waals surface area contributed by atoms with Crippen LogP contribution in [-0.2, 0) is 61.8 Å². The molecule has 0 aromatic rings. The molecule has 12 N–H and O–H groups in total. The zero-order valence-corrected chi connectivity index (χ0v) is 32.8. The number of aliphatic hydroxyl groups excluding tert-OH is 10. The zero-order chi connectivity index (χ0) is 42.4. The molecule has 7 rings (SSSR count). The third-order valence-corrected chi connectivity index (χ3v) is 9.01. The van der Waals surface area contributed by atoms with E-state index in [0.717, 1.165) is 0 Å². The monoisotopic (exact) mass is 844 g/mol. The van der Waals surface area contributed by atoms with Crippen molar-refractivity contribution in [2.75, 3.05) is 0 Å². The van der Waals surface area contributed by atoms with Crippen molar-refractivity contribution in [2.24, 2.45) is 0 Å². The molecule has 7 aliphatic heterocycles. The topological polar surface area (TPSA) is 417 Å². The summed E-state index contributed by atoms with van der Waals surface area (Å²) >= 11 is 0. The predicted octanol–water partition coefficient (Wildman–Crippen LogP) is -11.7. The molecule has 0 spiro atoms. The third-order valence-electron chi connectivity index (χ3n) is 9.01. The van der Waals surface area contributed by atoms with Crippen LogP contribution >= 0.6 is 0 Å². The van der Waals surface area contributed by atoms with Gasteiger partial charge in [-0.2, -0.15) is 0 Å². The van der Waals surface area contributed by atoms with Crippen molar-refractivity contribution in [3.63, 3.8) is 0 Å². The standard InChI is InChI=1S/C9H14O7.C9H14O6.C6H10O7.C6H8O6.Na/c1-9(2)15-6-3(10)5(4(11)7(12)13)14-8(6)16-9;1-9(2)14-5-3-4(6(10)7(11)12)13-8(5)15-9;7-1-2(8)4(5(10)11)13-6(12)3(1)9;7-1-3-4(12-5(1)9)2(8)6(10)11-3;/h3-6,8,10-11H,1-2H3,(H,12,13);4-6,8,10H,3H2,1-2H3,(H,11,12);1-4,6-9,12H,(H,10,11);1-5,7-9H;/q;;;;+1/p-1/t3-,4-,5-,6-,8+;4-,5-,6-,8+;1-,2-,3?,4?,6+;1-,2+,3+,4+,5-;/m0000./s1. The van der Waals surface area contributed by atoms with Crippen LogP contribution < -0.4 is 34.7 Å². The Labute approximate surface area is 343 Å². The van der Waals surface area contributed by atoms with Crippen LogP contribution in [0, 0.1) is 0 Å². The average Bonchev–Trinajstić information content (AvgIpc) is 3.91. The molecule has 7 aliphatic rings.